The molecular formula is C14H13N3O3. The van der Waals surface area contributed by atoms with Gasteiger partial charge in [0.15, 0.2) is 6.04 Å². The fraction of sp³-hybridized carbons (Fsp3) is 0.0714. The lowest BCUT2D eigenvalue weighted by Gasteiger charge is -2.15. The summed E-state index contributed by atoms with van der Waals surface area (Å²) >= 11 is 0. The van der Waals surface area contributed by atoms with Gasteiger partial charge in [-0.15, -0.1) is 0 Å². The van der Waals surface area contributed by atoms with Gasteiger partial charge in [0, 0.05) is 6.20 Å². The third-order valence-corrected chi connectivity index (χ3v) is 2.57. The molecule has 1 unspecified atom stereocenters. The fourth-order valence-corrected chi connectivity index (χ4v) is 1.67. The zero-order chi connectivity index (χ0) is 14.4. The van der Waals surface area contributed by atoms with Gasteiger partial charge in [-0.1, -0.05) is 30.3 Å². The van der Waals surface area contributed by atoms with Crippen LogP contribution in [0.2, 0.25) is 0 Å². The van der Waals surface area contributed by atoms with Crippen LogP contribution in [0.15, 0.2) is 54.9 Å². The first-order valence-electron chi connectivity index (χ1n) is 5.92. The number of rotatable bonds is 4. The van der Waals surface area contributed by atoms with E-state index in [0.29, 0.717) is 11.3 Å². The monoisotopic (exact) mass is 271 g/mol. The predicted molar refractivity (Wildman–Crippen MR) is 73.2 cm³/mol. The number of carboxylic acid groups (broad SMARTS) is 1. The molecule has 0 saturated heterocycles. The number of urea groups is 1. The van der Waals surface area contributed by atoms with Crippen LogP contribution in [0.5, 0.6) is 0 Å². The van der Waals surface area contributed by atoms with Crippen LogP contribution in [-0.4, -0.2) is 22.1 Å². The molecule has 2 aromatic rings. The second-order valence-electron chi connectivity index (χ2n) is 4.02. The molecular weight excluding hydrogens is 258 g/mol. The van der Waals surface area contributed by atoms with E-state index in [1.807, 2.05) is 0 Å². The summed E-state index contributed by atoms with van der Waals surface area (Å²) in [6.07, 6.45) is 3.05. The summed E-state index contributed by atoms with van der Waals surface area (Å²) in [6, 6.07) is 10.1. The van der Waals surface area contributed by atoms with Crippen molar-refractivity contribution >= 4 is 17.7 Å². The van der Waals surface area contributed by atoms with Crippen molar-refractivity contribution in [2.45, 2.75) is 6.04 Å². The molecule has 0 radical (unpaired) electrons. The van der Waals surface area contributed by atoms with E-state index in [4.69, 9.17) is 0 Å². The highest BCUT2D eigenvalue weighted by atomic mass is 16.4. The Bertz CT molecular complexity index is 587. The van der Waals surface area contributed by atoms with E-state index < -0.39 is 18.0 Å². The van der Waals surface area contributed by atoms with Gasteiger partial charge in [0.2, 0.25) is 0 Å². The lowest BCUT2D eigenvalue weighted by molar-refractivity contribution is -0.139. The summed E-state index contributed by atoms with van der Waals surface area (Å²) in [7, 11) is 0. The van der Waals surface area contributed by atoms with Crippen LogP contribution < -0.4 is 10.6 Å². The van der Waals surface area contributed by atoms with Gasteiger partial charge in [-0.2, -0.15) is 0 Å². The Labute approximate surface area is 115 Å². The van der Waals surface area contributed by atoms with E-state index in [9.17, 15) is 14.7 Å². The molecule has 0 aliphatic carbocycles. The van der Waals surface area contributed by atoms with Crippen LogP contribution in [0.1, 0.15) is 11.6 Å². The Morgan fingerprint density at radius 2 is 1.85 bits per heavy atom. The number of anilines is 1. The van der Waals surface area contributed by atoms with Crippen molar-refractivity contribution < 1.29 is 14.7 Å². The second kappa shape index (κ2) is 6.33. The van der Waals surface area contributed by atoms with Crippen molar-refractivity contribution in [3.05, 3.63) is 60.4 Å². The van der Waals surface area contributed by atoms with E-state index in [0.717, 1.165) is 0 Å². The number of pyridine rings is 1. The minimum absolute atomic E-state index is 0.488. The number of nitrogens with zero attached hydrogens (tertiary/aromatic N) is 1. The van der Waals surface area contributed by atoms with Crippen LogP contribution in [0.3, 0.4) is 0 Å². The maximum atomic E-state index is 11.8. The first kappa shape index (κ1) is 13.5. The third kappa shape index (κ3) is 3.55. The molecule has 0 bridgehead atoms. The molecule has 0 spiro atoms. The Balaban J connectivity index is 2.06. The maximum absolute atomic E-state index is 11.8. The molecule has 1 atom stereocenters. The number of carbonyl (C=O) groups is 2. The van der Waals surface area contributed by atoms with E-state index in [1.54, 1.807) is 48.7 Å². The molecule has 0 saturated carbocycles. The van der Waals surface area contributed by atoms with Crippen LogP contribution in [0, 0.1) is 0 Å². The largest absolute Gasteiger partial charge is 0.479 e. The SMILES string of the molecule is O=C(Nc1cccnc1)NC(C(=O)O)c1ccccc1. The van der Waals surface area contributed by atoms with Gasteiger partial charge in [0.25, 0.3) is 0 Å². The average molecular weight is 271 g/mol. The van der Waals surface area contributed by atoms with E-state index >= 15 is 0 Å². The van der Waals surface area contributed by atoms with E-state index in [-0.39, 0.29) is 0 Å². The number of amides is 2. The molecule has 102 valence electrons. The molecule has 6 heteroatoms. The first-order valence-corrected chi connectivity index (χ1v) is 5.92. The number of carbonyl (C=O) groups excluding carboxylic acids is 1. The number of hydrogen-bond acceptors (Lipinski definition) is 3. The normalized spacial score (nSPS) is 11.4. The van der Waals surface area contributed by atoms with Gasteiger partial charge in [0.1, 0.15) is 0 Å². The predicted octanol–water partition coefficient (Wildman–Crippen LogP) is 2.03. The van der Waals surface area contributed by atoms with Crippen LogP contribution in [0.4, 0.5) is 10.5 Å². The van der Waals surface area contributed by atoms with Crippen molar-refractivity contribution in [1.82, 2.24) is 10.3 Å². The lowest BCUT2D eigenvalue weighted by atomic mass is 10.1. The smallest absolute Gasteiger partial charge is 0.330 e. The van der Waals surface area contributed by atoms with Gasteiger partial charge >= 0.3 is 12.0 Å². The van der Waals surface area contributed by atoms with Crippen molar-refractivity contribution in [1.29, 1.82) is 0 Å². The standard InChI is InChI=1S/C14H13N3O3/c18-13(19)12(10-5-2-1-3-6-10)17-14(20)16-11-7-4-8-15-9-11/h1-9,12H,(H,18,19)(H2,16,17,20). The fourth-order valence-electron chi connectivity index (χ4n) is 1.67. The quantitative estimate of drug-likeness (QED) is 0.793. The third-order valence-electron chi connectivity index (χ3n) is 2.57. The molecule has 3 N–H and O–H groups in total. The Morgan fingerprint density at radius 3 is 2.45 bits per heavy atom. The Kier molecular flexibility index (Phi) is 4.28. The molecule has 0 aliphatic heterocycles. The molecule has 0 fully saturated rings. The number of carboxylic acids is 1. The van der Waals surface area contributed by atoms with Crippen molar-refractivity contribution in [2.24, 2.45) is 0 Å². The number of nitrogens with one attached hydrogen (secondary N) is 2. The molecule has 20 heavy (non-hydrogen) atoms. The van der Waals surface area contributed by atoms with Gasteiger partial charge in [-0.3, -0.25) is 4.98 Å². The minimum Gasteiger partial charge on any atom is -0.479 e. The molecule has 0 aliphatic rings. The molecule has 2 rings (SSSR count). The average Bonchev–Trinajstić information content (AvgIpc) is 2.46. The zero-order valence-corrected chi connectivity index (χ0v) is 10.5. The van der Waals surface area contributed by atoms with Crippen molar-refractivity contribution in [3.63, 3.8) is 0 Å². The van der Waals surface area contributed by atoms with E-state index in [2.05, 4.69) is 15.6 Å². The summed E-state index contributed by atoms with van der Waals surface area (Å²) in [4.78, 5) is 26.9. The topological polar surface area (TPSA) is 91.3 Å². The van der Waals surface area contributed by atoms with Gasteiger partial charge in [0.05, 0.1) is 11.9 Å². The Morgan fingerprint density at radius 1 is 1.10 bits per heavy atom. The number of aliphatic carboxylic acids is 1. The van der Waals surface area contributed by atoms with Crippen LogP contribution in [-0.2, 0) is 4.79 Å². The van der Waals surface area contributed by atoms with Gasteiger partial charge < -0.3 is 15.7 Å². The van der Waals surface area contributed by atoms with Crippen molar-refractivity contribution in [3.8, 4) is 0 Å². The summed E-state index contributed by atoms with van der Waals surface area (Å²) in [5, 5.41) is 14.1. The highest BCUT2D eigenvalue weighted by Crippen LogP contribution is 2.13. The van der Waals surface area contributed by atoms with Crippen molar-refractivity contribution in [2.75, 3.05) is 5.32 Å². The highest BCUT2D eigenvalue weighted by Gasteiger charge is 2.21. The molecule has 6 nitrogen and oxygen atoms in total. The van der Waals surface area contributed by atoms with Crippen LogP contribution >= 0.6 is 0 Å². The number of aromatic nitrogens is 1. The summed E-state index contributed by atoms with van der Waals surface area (Å²) < 4.78 is 0. The molecule has 1 aromatic heterocycles. The van der Waals surface area contributed by atoms with Crippen LogP contribution in [0.25, 0.3) is 0 Å². The number of hydrogen-bond donors (Lipinski definition) is 3. The van der Waals surface area contributed by atoms with E-state index in [1.165, 1.54) is 6.20 Å². The summed E-state index contributed by atoms with van der Waals surface area (Å²) in [6.45, 7) is 0. The molecule has 1 aromatic carbocycles. The van der Waals surface area contributed by atoms with Gasteiger partial charge in [-0.05, 0) is 17.7 Å². The highest BCUT2D eigenvalue weighted by molar-refractivity contribution is 5.92. The Hall–Kier alpha value is -2.89. The molecule has 1 heterocycles. The lowest BCUT2D eigenvalue weighted by Crippen LogP contribution is -2.36. The second-order valence-corrected chi connectivity index (χ2v) is 4.02. The summed E-state index contributed by atoms with van der Waals surface area (Å²) in [5.74, 6) is -1.13. The first-order chi connectivity index (χ1) is 9.66. The maximum Gasteiger partial charge on any atom is 0.330 e. The number of benzene rings is 1. The van der Waals surface area contributed by atoms with Gasteiger partial charge in [-0.25, -0.2) is 9.59 Å². The minimum atomic E-state index is -1.13. The molecule has 2 amide bonds. The zero-order valence-electron chi connectivity index (χ0n) is 10.5. The summed E-state index contributed by atoms with van der Waals surface area (Å²) in [5.41, 5.74) is 0.989.